The van der Waals surface area contributed by atoms with Crippen molar-refractivity contribution in [1.82, 2.24) is 4.98 Å². The minimum Gasteiger partial charge on any atom is -0.288 e. The normalized spacial score (nSPS) is 10.2. The van der Waals surface area contributed by atoms with E-state index in [2.05, 4.69) is 25.4 Å². The molecule has 0 unspecified atom stereocenters. The summed E-state index contributed by atoms with van der Waals surface area (Å²) in [6.45, 7) is 7.53. The smallest absolute Gasteiger partial charge is 0.196 e. The van der Waals surface area contributed by atoms with Crippen LogP contribution in [0, 0.1) is 0 Å². The number of hydrogen-bond donors (Lipinski definition) is 0. The minimum atomic E-state index is -0.0422. The van der Waals surface area contributed by atoms with Gasteiger partial charge >= 0.3 is 0 Å². The van der Waals surface area contributed by atoms with E-state index in [1.807, 2.05) is 0 Å². The van der Waals surface area contributed by atoms with Crippen LogP contribution in [0.3, 0.4) is 0 Å². The number of carbonyl (C=O) groups is 1. The Morgan fingerprint density at radius 1 is 1.75 bits per heavy atom. The third-order valence-corrected chi connectivity index (χ3v) is 2.76. The first-order chi connectivity index (χ1) is 5.65. The fourth-order valence-corrected chi connectivity index (χ4v) is 1.62. The predicted octanol–water partition coefficient (Wildman–Crippen LogP) is 2.64. The van der Waals surface area contributed by atoms with Crippen LogP contribution in [0.4, 0.5) is 0 Å². The summed E-state index contributed by atoms with van der Waals surface area (Å²) in [6.07, 6.45) is 2.93. The second-order valence-electron chi connectivity index (χ2n) is 2.79. The zero-order chi connectivity index (χ0) is 9.14. The van der Waals surface area contributed by atoms with Crippen LogP contribution in [-0.2, 0) is 0 Å². The fraction of sp³-hybridized carbons (Fsp3) is 0.333. The Morgan fingerprint density at radius 3 is 2.83 bits per heavy atom. The van der Waals surface area contributed by atoms with Crippen molar-refractivity contribution in [2.45, 2.75) is 19.8 Å². The highest BCUT2D eigenvalue weighted by molar-refractivity contribution is 7.13. The first kappa shape index (κ1) is 9.13. The van der Waals surface area contributed by atoms with Crippen LogP contribution in [0.1, 0.15) is 34.4 Å². The molecule has 1 rings (SSSR count). The van der Waals surface area contributed by atoms with E-state index in [0.717, 1.165) is 5.01 Å². The van der Waals surface area contributed by atoms with Crippen LogP contribution in [-0.4, -0.2) is 10.8 Å². The van der Waals surface area contributed by atoms with Gasteiger partial charge in [0.2, 0.25) is 0 Å². The molecule has 0 aliphatic rings. The van der Waals surface area contributed by atoms with Gasteiger partial charge in [0.25, 0.3) is 0 Å². The molecule has 3 heteroatoms. The maximum Gasteiger partial charge on any atom is 0.196 e. The number of rotatable bonds is 3. The zero-order valence-corrected chi connectivity index (χ0v) is 8.02. The Bertz CT molecular complexity index is 301. The fourth-order valence-electron chi connectivity index (χ4n) is 0.769. The SMILES string of the molecule is C=CC(=O)c1cnc(C(C)C)s1. The van der Waals surface area contributed by atoms with Gasteiger partial charge in [-0.2, -0.15) is 0 Å². The number of aromatic nitrogens is 1. The van der Waals surface area contributed by atoms with Crippen molar-refractivity contribution in [2.75, 3.05) is 0 Å². The maximum absolute atomic E-state index is 11.1. The molecule has 0 saturated carbocycles. The molecule has 64 valence electrons. The third kappa shape index (κ3) is 1.80. The van der Waals surface area contributed by atoms with Gasteiger partial charge in [-0.3, -0.25) is 4.79 Å². The second-order valence-corrected chi connectivity index (χ2v) is 3.85. The molecular formula is C9H11NOS. The quantitative estimate of drug-likeness (QED) is 0.530. The summed E-state index contributed by atoms with van der Waals surface area (Å²) in [7, 11) is 0. The third-order valence-electron chi connectivity index (χ3n) is 1.45. The van der Waals surface area contributed by atoms with E-state index in [0.29, 0.717) is 10.8 Å². The van der Waals surface area contributed by atoms with Gasteiger partial charge in [0.15, 0.2) is 5.78 Å². The summed E-state index contributed by atoms with van der Waals surface area (Å²) >= 11 is 1.44. The number of allylic oxidation sites excluding steroid dienone is 1. The Morgan fingerprint density at radius 2 is 2.42 bits per heavy atom. The van der Waals surface area contributed by atoms with Gasteiger partial charge < -0.3 is 0 Å². The lowest BCUT2D eigenvalue weighted by molar-refractivity contribution is 0.105. The van der Waals surface area contributed by atoms with Crippen molar-refractivity contribution in [3.05, 3.63) is 28.7 Å². The van der Waals surface area contributed by atoms with Crippen molar-refractivity contribution in [2.24, 2.45) is 0 Å². The van der Waals surface area contributed by atoms with Crippen LogP contribution in [0.15, 0.2) is 18.9 Å². The summed E-state index contributed by atoms with van der Waals surface area (Å²) in [4.78, 5) is 15.9. The lowest BCUT2D eigenvalue weighted by Crippen LogP contribution is -1.86. The molecule has 0 fully saturated rings. The molecule has 0 amide bonds. The molecule has 0 radical (unpaired) electrons. The molecule has 0 aromatic carbocycles. The maximum atomic E-state index is 11.1. The molecule has 0 atom stereocenters. The van der Waals surface area contributed by atoms with Crippen molar-refractivity contribution in [1.29, 1.82) is 0 Å². The van der Waals surface area contributed by atoms with E-state index < -0.39 is 0 Å². The summed E-state index contributed by atoms with van der Waals surface area (Å²) in [5.74, 6) is 0.348. The number of carbonyl (C=O) groups excluding carboxylic acids is 1. The van der Waals surface area contributed by atoms with Gasteiger partial charge in [0.1, 0.15) is 0 Å². The average molecular weight is 181 g/mol. The summed E-state index contributed by atoms with van der Waals surface area (Å²) < 4.78 is 0. The Hall–Kier alpha value is -0.960. The molecule has 2 nitrogen and oxygen atoms in total. The van der Waals surface area contributed by atoms with Crippen molar-refractivity contribution in [3.8, 4) is 0 Å². The topological polar surface area (TPSA) is 30.0 Å². The molecule has 0 aliphatic carbocycles. The predicted molar refractivity (Wildman–Crippen MR) is 50.7 cm³/mol. The van der Waals surface area contributed by atoms with Gasteiger partial charge in [0.05, 0.1) is 9.88 Å². The Balaban J connectivity index is 2.91. The first-order valence-corrected chi connectivity index (χ1v) is 4.59. The standard InChI is InChI=1S/C9H11NOS/c1-4-7(11)8-5-10-9(12-8)6(2)3/h4-6H,1H2,2-3H3. The van der Waals surface area contributed by atoms with Crippen LogP contribution in [0.25, 0.3) is 0 Å². The van der Waals surface area contributed by atoms with E-state index >= 15 is 0 Å². The van der Waals surface area contributed by atoms with Crippen molar-refractivity contribution >= 4 is 17.1 Å². The van der Waals surface area contributed by atoms with Crippen molar-refractivity contribution < 1.29 is 4.79 Å². The molecule has 0 N–H and O–H groups in total. The van der Waals surface area contributed by atoms with Crippen LogP contribution in [0.5, 0.6) is 0 Å². The zero-order valence-electron chi connectivity index (χ0n) is 7.20. The van der Waals surface area contributed by atoms with Crippen LogP contribution in [0.2, 0.25) is 0 Å². The lowest BCUT2D eigenvalue weighted by atomic mass is 10.2. The molecule has 0 saturated heterocycles. The number of thiazole rings is 1. The lowest BCUT2D eigenvalue weighted by Gasteiger charge is -1.94. The first-order valence-electron chi connectivity index (χ1n) is 3.77. The summed E-state index contributed by atoms with van der Waals surface area (Å²) in [5, 5.41) is 1.00. The molecular weight excluding hydrogens is 170 g/mol. The molecule has 1 aromatic rings. The van der Waals surface area contributed by atoms with E-state index in [9.17, 15) is 4.79 Å². The highest BCUT2D eigenvalue weighted by Gasteiger charge is 2.08. The number of hydrogen-bond acceptors (Lipinski definition) is 3. The monoisotopic (exact) mass is 181 g/mol. The van der Waals surface area contributed by atoms with E-state index in [1.54, 1.807) is 6.20 Å². The Kier molecular flexibility index (Phi) is 2.76. The van der Waals surface area contributed by atoms with E-state index in [-0.39, 0.29) is 5.78 Å². The molecule has 0 bridgehead atoms. The van der Waals surface area contributed by atoms with Gasteiger partial charge in [-0.25, -0.2) is 4.98 Å². The van der Waals surface area contributed by atoms with E-state index in [4.69, 9.17) is 0 Å². The number of ketones is 1. The summed E-state index contributed by atoms with van der Waals surface area (Å²) in [5.41, 5.74) is 0. The van der Waals surface area contributed by atoms with E-state index in [1.165, 1.54) is 17.4 Å². The van der Waals surface area contributed by atoms with Gasteiger partial charge in [-0.15, -0.1) is 11.3 Å². The van der Waals surface area contributed by atoms with Gasteiger partial charge in [0, 0.05) is 12.1 Å². The van der Waals surface area contributed by atoms with Crippen LogP contribution < -0.4 is 0 Å². The molecule has 0 spiro atoms. The Labute approximate surface area is 76.0 Å². The minimum absolute atomic E-state index is 0.0422. The average Bonchev–Trinajstić information content (AvgIpc) is 2.51. The van der Waals surface area contributed by atoms with Crippen molar-refractivity contribution in [3.63, 3.8) is 0 Å². The van der Waals surface area contributed by atoms with Crippen LogP contribution >= 0.6 is 11.3 Å². The number of nitrogens with zero attached hydrogens (tertiary/aromatic N) is 1. The van der Waals surface area contributed by atoms with Gasteiger partial charge in [-0.05, 0) is 6.08 Å². The highest BCUT2D eigenvalue weighted by atomic mass is 32.1. The second kappa shape index (κ2) is 3.63. The summed E-state index contributed by atoms with van der Waals surface area (Å²) in [6, 6.07) is 0. The molecule has 12 heavy (non-hydrogen) atoms. The molecule has 0 aliphatic heterocycles. The highest BCUT2D eigenvalue weighted by Crippen LogP contribution is 2.21. The van der Waals surface area contributed by atoms with Gasteiger partial charge in [-0.1, -0.05) is 20.4 Å². The largest absolute Gasteiger partial charge is 0.288 e. The molecule has 1 aromatic heterocycles. The molecule has 1 heterocycles.